The average Bonchev–Trinajstić information content (AvgIpc) is 3.39. The highest BCUT2D eigenvalue weighted by Crippen LogP contribution is 2.70. The molecule has 1 saturated heterocycles. The molecule has 8 rings (SSSR count). The maximum absolute atomic E-state index is 14.0. The van der Waals surface area contributed by atoms with Crippen LogP contribution in [0.2, 0.25) is 0 Å². The highest BCUT2D eigenvalue weighted by atomic mass is 79.9. The zero-order chi connectivity index (χ0) is 21.8. The third kappa shape index (κ3) is 1.97. The van der Waals surface area contributed by atoms with Gasteiger partial charge in [0.05, 0.1) is 26.2 Å². The van der Waals surface area contributed by atoms with E-state index in [4.69, 9.17) is 9.47 Å². The number of hydrogen-bond acceptors (Lipinski definition) is 4. The lowest BCUT2D eigenvalue weighted by molar-refractivity contribution is -0.122. The molecule has 0 radical (unpaired) electrons. The number of anilines is 1. The summed E-state index contributed by atoms with van der Waals surface area (Å²) in [6, 6.07) is 21.3. The molecule has 3 aromatic rings. The van der Waals surface area contributed by atoms with Gasteiger partial charge in [0.25, 0.3) is 0 Å². The molecule has 0 N–H and O–H groups in total. The monoisotopic (exact) mass is 551 g/mol. The van der Waals surface area contributed by atoms with Gasteiger partial charge in [-0.3, -0.25) is 9.59 Å². The third-order valence-corrected chi connectivity index (χ3v) is 9.89. The number of fused-ring (bicyclic) bond motifs is 1. The molecule has 2 atom stereocenters. The fraction of sp³-hybridized carbons (Fsp3) is 0.200. The van der Waals surface area contributed by atoms with Crippen molar-refractivity contribution < 1.29 is 19.1 Å². The molecule has 2 bridgehead atoms. The zero-order valence-corrected chi connectivity index (χ0v) is 19.7. The summed E-state index contributed by atoms with van der Waals surface area (Å²) in [6.45, 7) is 0.131. The topological polar surface area (TPSA) is 55.8 Å². The number of benzene rings is 3. The van der Waals surface area contributed by atoms with Gasteiger partial charge < -0.3 is 9.47 Å². The Balaban J connectivity index is 1.49. The van der Waals surface area contributed by atoms with Gasteiger partial charge in [-0.05, 0) is 34.4 Å². The van der Waals surface area contributed by atoms with Gasteiger partial charge in [0.2, 0.25) is 18.6 Å². The van der Waals surface area contributed by atoms with Gasteiger partial charge in [-0.15, -0.1) is 0 Å². The summed E-state index contributed by atoms with van der Waals surface area (Å²) in [5.74, 6) is -0.477. The van der Waals surface area contributed by atoms with E-state index in [1.165, 1.54) is 4.90 Å². The van der Waals surface area contributed by atoms with E-state index in [2.05, 4.69) is 31.9 Å². The number of carbonyl (C=O) groups excluding carboxylic acids is 2. The Bertz CT molecular complexity index is 1250. The lowest BCUT2D eigenvalue weighted by atomic mass is 9.54. The molecule has 1 fully saturated rings. The highest BCUT2D eigenvalue weighted by molar-refractivity contribution is 9.10. The van der Waals surface area contributed by atoms with Crippen LogP contribution in [0.4, 0.5) is 5.69 Å². The van der Waals surface area contributed by atoms with E-state index in [-0.39, 0.29) is 18.6 Å². The van der Waals surface area contributed by atoms with Crippen molar-refractivity contribution in [3.05, 3.63) is 89.0 Å². The third-order valence-electron chi connectivity index (χ3n) is 7.20. The van der Waals surface area contributed by atoms with Crippen LogP contribution in [-0.2, 0) is 18.2 Å². The van der Waals surface area contributed by atoms with Crippen molar-refractivity contribution >= 4 is 49.4 Å². The second-order valence-corrected chi connectivity index (χ2v) is 11.0. The van der Waals surface area contributed by atoms with Crippen LogP contribution in [0.1, 0.15) is 22.3 Å². The Morgan fingerprint density at radius 1 is 0.719 bits per heavy atom. The molecule has 32 heavy (non-hydrogen) atoms. The number of halogens is 2. The minimum Gasteiger partial charge on any atom is -0.454 e. The number of carbonyl (C=O) groups is 2. The standard InChI is InChI=1S/C25H15Br2NO4/c26-24-14-5-1-2-6-15(14)25(27,17-8-4-3-7-16(17)24)21-20(24)22(29)28(23(21)30)13-9-10-18-19(11-13)32-12-31-18/h1-11,20-21H,12H2/t20-,21-,24?,25?/m0/s1. The van der Waals surface area contributed by atoms with Crippen LogP contribution in [0.3, 0.4) is 0 Å². The number of rotatable bonds is 1. The Hall–Kier alpha value is -2.64. The molecule has 158 valence electrons. The first-order valence-corrected chi connectivity index (χ1v) is 11.9. The summed E-state index contributed by atoms with van der Waals surface area (Å²) in [6.07, 6.45) is 0. The Morgan fingerprint density at radius 3 is 1.69 bits per heavy atom. The largest absolute Gasteiger partial charge is 0.454 e. The smallest absolute Gasteiger partial charge is 0.239 e. The SMILES string of the molecule is O=C1[C@@H]2[C@@H](C(=O)N1c1ccc3c(c1)OCO3)C1(Br)c3ccccc3C2(Br)c2ccccc21. The van der Waals surface area contributed by atoms with Crippen molar-refractivity contribution in [3.63, 3.8) is 0 Å². The summed E-state index contributed by atoms with van der Waals surface area (Å²) >= 11 is 8.03. The molecule has 0 aromatic heterocycles. The van der Waals surface area contributed by atoms with Crippen molar-refractivity contribution in [2.24, 2.45) is 11.8 Å². The van der Waals surface area contributed by atoms with Gasteiger partial charge in [-0.1, -0.05) is 80.4 Å². The van der Waals surface area contributed by atoms with E-state index in [0.717, 1.165) is 22.3 Å². The lowest BCUT2D eigenvalue weighted by Gasteiger charge is -2.55. The number of amides is 2. The molecule has 7 heteroatoms. The van der Waals surface area contributed by atoms with Crippen LogP contribution in [0.5, 0.6) is 11.5 Å². The first-order valence-electron chi connectivity index (χ1n) is 10.3. The molecule has 0 unspecified atom stereocenters. The van der Waals surface area contributed by atoms with Crippen molar-refractivity contribution in [1.82, 2.24) is 0 Å². The Kier molecular flexibility index (Phi) is 3.56. The molecule has 2 amide bonds. The maximum Gasteiger partial charge on any atom is 0.239 e. The van der Waals surface area contributed by atoms with Crippen molar-refractivity contribution in [3.8, 4) is 11.5 Å². The molecule has 0 spiro atoms. The maximum atomic E-state index is 14.0. The van der Waals surface area contributed by atoms with E-state index >= 15 is 0 Å². The van der Waals surface area contributed by atoms with Crippen LogP contribution < -0.4 is 14.4 Å². The summed E-state index contributed by atoms with van der Waals surface area (Å²) < 4.78 is 9.31. The fourth-order valence-electron chi connectivity index (χ4n) is 5.95. The number of ether oxygens (including phenoxy) is 2. The van der Waals surface area contributed by atoms with E-state index in [1.807, 2.05) is 48.5 Å². The molecule has 3 aromatic carbocycles. The Labute approximate surface area is 200 Å². The molecular weight excluding hydrogens is 538 g/mol. The van der Waals surface area contributed by atoms with Crippen LogP contribution in [0.25, 0.3) is 0 Å². The minimum atomic E-state index is -0.793. The van der Waals surface area contributed by atoms with E-state index < -0.39 is 20.5 Å². The molecule has 5 aliphatic rings. The first-order chi connectivity index (χ1) is 15.5. The highest BCUT2D eigenvalue weighted by Gasteiger charge is 2.72. The molecule has 5 nitrogen and oxygen atoms in total. The van der Waals surface area contributed by atoms with Crippen molar-refractivity contribution in [1.29, 1.82) is 0 Å². The lowest BCUT2D eigenvalue weighted by Crippen LogP contribution is -2.56. The Morgan fingerprint density at radius 2 is 1.19 bits per heavy atom. The van der Waals surface area contributed by atoms with Gasteiger partial charge in [0.1, 0.15) is 0 Å². The normalized spacial score (nSPS) is 30.9. The first kappa shape index (κ1) is 18.9. The number of nitrogens with zero attached hydrogens (tertiary/aromatic N) is 1. The number of hydrogen-bond donors (Lipinski definition) is 0. The van der Waals surface area contributed by atoms with Gasteiger partial charge in [0.15, 0.2) is 11.5 Å². The average molecular weight is 553 g/mol. The van der Waals surface area contributed by atoms with Crippen LogP contribution in [0, 0.1) is 11.8 Å². The molecule has 0 saturated carbocycles. The molecule has 2 aliphatic heterocycles. The fourth-order valence-corrected chi connectivity index (χ4v) is 8.25. The van der Waals surface area contributed by atoms with Crippen molar-refractivity contribution in [2.75, 3.05) is 11.7 Å². The zero-order valence-electron chi connectivity index (χ0n) is 16.5. The van der Waals surface area contributed by atoms with E-state index in [9.17, 15) is 9.59 Å². The van der Waals surface area contributed by atoms with Crippen LogP contribution >= 0.6 is 31.9 Å². The second-order valence-electron chi connectivity index (χ2n) is 8.52. The quantitative estimate of drug-likeness (QED) is 0.321. The van der Waals surface area contributed by atoms with Crippen LogP contribution in [-0.4, -0.2) is 18.6 Å². The summed E-state index contributed by atoms with van der Waals surface area (Å²) in [4.78, 5) is 29.3. The number of alkyl halides is 2. The van der Waals surface area contributed by atoms with Gasteiger partial charge >= 0.3 is 0 Å². The predicted molar refractivity (Wildman–Crippen MR) is 124 cm³/mol. The summed E-state index contributed by atoms with van der Waals surface area (Å²) in [7, 11) is 0. The second kappa shape index (κ2) is 6.02. The molecule has 3 aliphatic carbocycles. The van der Waals surface area contributed by atoms with Gasteiger partial charge in [0, 0.05) is 6.07 Å². The number of imide groups is 1. The van der Waals surface area contributed by atoms with Crippen molar-refractivity contribution in [2.45, 2.75) is 8.65 Å². The van der Waals surface area contributed by atoms with E-state index in [0.29, 0.717) is 17.2 Å². The summed E-state index contributed by atoms with van der Waals surface area (Å²) in [5, 5.41) is 0. The van der Waals surface area contributed by atoms with Gasteiger partial charge in [-0.2, -0.15) is 0 Å². The summed E-state index contributed by atoms with van der Waals surface area (Å²) in [5.41, 5.74) is 4.57. The minimum absolute atomic E-state index is 0.131. The predicted octanol–water partition coefficient (Wildman–Crippen LogP) is 4.83. The molecule has 2 heterocycles. The van der Waals surface area contributed by atoms with E-state index in [1.54, 1.807) is 18.2 Å². The van der Waals surface area contributed by atoms with Crippen LogP contribution in [0.15, 0.2) is 66.7 Å². The van der Waals surface area contributed by atoms with Gasteiger partial charge in [-0.25, -0.2) is 4.90 Å². The molecular formula is C25H15Br2NO4.